The molecule has 6 nitrogen and oxygen atoms in total. The van der Waals surface area contributed by atoms with Crippen LogP contribution in [-0.2, 0) is 9.53 Å². The molecule has 1 N–H and O–H groups in total. The van der Waals surface area contributed by atoms with Crippen molar-refractivity contribution in [3.8, 4) is 11.5 Å². The van der Waals surface area contributed by atoms with E-state index in [2.05, 4.69) is 25.2 Å². The number of methoxy groups -OCH3 is 1. The van der Waals surface area contributed by atoms with Crippen LogP contribution in [0, 0.1) is 5.92 Å². The first-order valence-corrected chi connectivity index (χ1v) is 9.75. The standard InChI is InChI=1S/C23H27NO5/c1-14(2)18-12-20(17-8-6-5-7-16(17)18)29-23(26)15-9-10-19(21(11-15)27-4)28-13-22(25)24-3/h5-11,14,18,20H,12-13H2,1-4H3,(H,24,25)/t18-,20+/m0/s1. The van der Waals surface area contributed by atoms with Gasteiger partial charge in [-0.1, -0.05) is 38.1 Å². The van der Waals surface area contributed by atoms with Crippen molar-refractivity contribution < 1.29 is 23.8 Å². The number of nitrogens with one attached hydrogen (secondary N) is 1. The Balaban J connectivity index is 1.75. The molecule has 0 heterocycles. The zero-order chi connectivity index (χ0) is 21.0. The second kappa shape index (κ2) is 8.99. The van der Waals surface area contributed by atoms with Gasteiger partial charge in [0, 0.05) is 7.05 Å². The van der Waals surface area contributed by atoms with Crippen LogP contribution in [0.3, 0.4) is 0 Å². The maximum atomic E-state index is 12.8. The molecule has 1 aliphatic carbocycles. The summed E-state index contributed by atoms with van der Waals surface area (Å²) in [7, 11) is 3.02. The van der Waals surface area contributed by atoms with Gasteiger partial charge >= 0.3 is 5.97 Å². The van der Waals surface area contributed by atoms with Gasteiger partial charge in [0.1, 0.15) is 6.10 Å². The fraction of sp³-hybridized carbons (Fsp3) is 0.391. The Hall–Kier alpha value is -3.02. The number of likely N-dealkylation sites (N-methyl/N-ethyl adjacent to an activating group) is 1. The lowest BCUT2D eigenvalue weighted by Gasteiger charge is -2.17. The summed E-state index contributed by atoms with van der Waals surface area (Å²) in [6, 6.07) is 13.0. The zero-order valence-electron chi connectivity index (χ0n) is 17.2. The Labute approximate surface area is 171 Å². The minimum atomic E-state index is -0.412. The van der Waals surface area contributed by atoms with E-state index >= 15 is 0 Å². The highest BCUT2D eigenvalue weighted by Crippen LogP contribution is 2.46. The second-order valence-corrected chi connectivity index (χ2v) is 7.44. The molecule has 2 aromatic rings. The van der Waals surface area contributed by atoms with Crippen molar-refractivity contribution in [1.29, 1.82) is 0 Å². The lowest BCUT2D eigenvalue weighted by molar-refractivity contribution is -0.122. The van der Waals surface area contributed by atoms with E-state index in [-0.39, 0.29) is 18.6 Å². The molecule has 0 aliphatic heterocycles. The number of hydrogen-bond donors (Lipinski definition) is 1. The minimum Gasteiger partial charge on any atom is -0.493 e. The van der Waals surface area contributed by atoms with Gasteiger partial charge in [0.15, 0.2) is 18.1 Å². The highest BCUT2D eigenvalue weighted by Gasteiger charge is 2.34. The van der Waals surface area contributed by atoms with E-state index in [4.69, 9.17) is 14.2 Å². The normalized spacial score (nSPS) is 17.6. The van der Waals surface area contributed by atoms with Gasteiger partial charge in [-0.25, -0.2) is 4.79 Å². The fourth-order valence-corrected chi connectivity index (χ4v) is 3.70. The summed E-state index contributed by atoms with van der Waals surface area (Å²) in [5.74, 6) is 0.935. The van der Waals surface area contributed by atoms with Crippen molar-refractivity contribution in [3.05, 3.63) is 59.2 Å². The number of ether oxygens (including phenoxy) is 3. The molecule has 2 atom stereocenters. The van der Waals surface area contributed by atoms with Crippen LogP contribution in [0.1, 0.15) is 53.8 Å². The lowest BCUT2D eigenvalue weighted by Crippen LogP contribution is -2.25. The maximum Gasteiger partial charge on any atom is 0.338 e. The van der Waals surface area contributed by atoms with E-state index in [0.29, 0.717) is 28.9 Å². The average molecular weight is 397 g/mol. The molecule has 154 valence electrons. The van der Waals surface area contributed by atoms with Gasteiger partial charge in [-0.3, -0.25) is 4.79 Å². The third-order valence-corrected chi connectivity index (χ3v) is 5.30. The summed E-state index contributed by atoms with van der Waals surface area (Å²) < 4.78 is 16.6. The van der Waals surface area contributed by atoms with Crippen LogP contribution in [0.25, 0.3) is 0 Å². The highest BCUT2D eigenvalue weighted by atomic mass is 16.5. The highest BCUT2D eigenvalue weighted by molar-refractivity contribution is 5.90. The number of rotatable bonds is 7. The van der Waals surface area contributed by atoms with Crippen LogP contribution >= 0.6 is 0 Å². The van der Waals surface area contributed by atoms with Crippen LogP contribution in [0.2, 0.25) is 0 Å². The molecule has 1 aliphatic rings. The molecule has 1 amide bonds. The van der Waals surface area contributed by atoms with Crippen LogP contribution in [0.15, 0.2) is 42.5 Å². The number of esters is 1. The van der Waals surface area contributed by atoms with Gasteiger partial charge in [0.25, 0.3) is 5.91 Å². The van der Waals surface area contributed by atoms with E-state index in [1.54, 1.807) is 18.2 Å². The first-order valence-electron chi connectivity index (χ1n) is 9.75. The zero-order valence-corrected chi connectivity index (χ0v) is 17.2. The molecule has 0 fully saturated rings. The van der Waals surface area contributed by atoms with Crippen LogP contribution < -0.4 is 14.8 Å². The lowest BCUT2D eigenvalue weighted by atomic mass is 9.90. The number of carbonyl (C=O) groups is 2. The predicted octanol–water partition coefficient (Wildman–Crippen LogP) is 3.86. The molecule has 0 spiro atoms. The Morgan fingerprint density at radius 3 is 2.48 bits per heavy atom. The van der Waals surface area contributed by atoms with Gasteiger partial charge in [0.05, 0.1) is 12.7 Å². The van der Waals surface area contributed by atoms with E-state index in [1.165, 1.54) is 19.7 Å². The molecule has 0 bridgehead atoms. The van der Waals surface area contributed by atoms with Gasteiger partial charge in [-0.05, 0) is 47.6 Å². The average Bonchev–Trinajstić information content (AvgIpc) is 3.10. The molecule has 0 saturated carbocycles. The summed E-state index contributed by atoms with van der Waals surface area (Å²) in [4.78, 5) is 24.2. The molecular formula is C23H27NO5. The molecule has 3 rings (SSSR count). The number of carbonyl (C=O) groups excluding carboxylic acids is 2. The number of fused-ring (bicyclic) bond motifs is 1. The first-order chi connectivity index (χ1) is 13.9. The Morgan fingerprint density at radius 1 is 1.10 bits per heavy atom. The smallest absolute Gasteiger partial charge is 0.338 e. The Bertz CT molecular complexity index is 893. The number of amides is 1. The van der Waals surface area contributed by atoms with Crippen molar-refractivity contribution in [2.75, 3.05) is 20.8 Å². The Kier molecular flexibility index (Phi) is 6.42. The third-order valence-electron chi connectivity index (χ3n) is 5.30. The van der Waals surface area contributed by atoms with Gasteiger partial charge in [0.2, 0.25) is 0 Å². The van der Waals surface area contributed by atoms with E-state index in [9.17, 15) is 9.59 Å². The van der Waals surface area contributed by atoms with Gasteiger partial charge in [-0.15, -0.1) is 0 Å². The van der Waals surface area contributed by atoms with E-state index in [0.717, 1.165) is 12.0 Å². The molecule has 0 saturated heterocycles. The fourth-order valence-electron chi connectivity index (χ4n) is 3.70. The van der Waals surface area contributed by atoms with E-state index in [1.807, 2.05) is 18.2 Å². The van der Waals surface area contributed by atoms with Crippen molar-refractivity contribution >= 4 is 11.9 Å². The summed E-state index contributed by atoms with van der Waals surface area (Å²) >= 11 is 0. The maximum absolute atomic E-state index is 12.8. The molecule has 0 unspecified atom stereocenters. The van der Waals surface area contributed by atoms with Crippen molar-refractivity contribution in [1.82, 2.24) is 5.32 Å². The van der Waals surface area contributed by atoms with Gasteiger partial charge in [-0.2, -0.15) is 0 Å². The SMILES string of the molecule is CNC(=O)COc1ccc(C(=O)O[C@@H]2C[C@@H](C(C)C)c3ccccc32)cc1OC. The molecule has 0 radical (unpaired) electrons. The van der Waals surface area contributed by atoms with Crippen LogP contribution in [0.5, 0.6) is 11.5 Å². The van der Waals surface area contributed by atoms with Crippen molar-refractivity contribution in [2.45, 2.75) is 32.3 Å². The Morgan fingerprint density at radius 2 is 1.83 bits per heavy atom. The monoisotopic (exact) mass is 397 g/mol. The number of benzene rings is 2. The molecular weight excluding hydrogens is 370 g/mol. The molecule has 29 heavy (non-hydrogen) atoms. The molecule has 6 heteroatoms. The predicted molar refractivity (Wildman–Crippen MR) is 109 cm³/mol. The second-order valence-electron chi connectivity index (χ2n) is 7.44. The number of hydrogen-bond acceptors (Lipinski definition) is 5. The molecule has 2 aromatic carbocycles. The van der Waals surface area contributed by atoms with Gasteiger partial charge < -0.3 is 19.5 Å². The largest absolute Gasteiger partial charge is 0.493 e. The summed E-state index contributed by atoms with van der Waals surface area (Å²) in [5, 5.41) is 2.48. The van der Waals surface area contributed by atoms with Crippen molar-refractivity contribution in [3.63, 3.8) is 0 Å². The van der Waals surface area contributed by atoms with Crippen LogP contribution in [-0.4, -0.2) is 32.6 Å². The quantitative estimate of drug-likeness (QED) is 0.718. The van der Waals surface area contributed by atoms with E-state index < -0.39 is 5.97 Å². The summed E-state index contributed by atoms with van der Waals surface area (Å²) in [6.07, 6.45) is 0.522. The minimum absolute atomic E-state index is 0.133. The topological polar surface area (TPSA) is 73.9 Å². The third kappa shape index (κ3) is 4.53. The van der Waals surface area contributed by atoms with Crippen LogP contribution in [0.4, 0.5) is 0 Å². The first kappa shape index (κ1) is 20.7. The molecule has 0 aromatic heterocycles. The van der Waals surface area contributed by atoms with Crippen molar-refractivity contribution in [2.24, 2.45) is 5.92 Å². The summed E-state index contributed by atoms with van der Waals surface area (Å²) in [6.45, 7) is 4.24. The summed E-state index contributed by atoms with van der Waals surface area (Å²) in [5.41, 5.74) is 2.72.